The number of aromatic nitrogens is 1. The summed E-state index contributed by atoms with van der Waals surface area (Å²) >= 11 is 1.22. The summed E-state index contributed by atoms with van der Waals surface area (Å²) < 4.78 is 18.1. The fraction of sp³-hybridized carbons (Fsp3) is 0.286. The Morgan fingerprint density at radius 3 is 2.37 bits per heavy atom. The van der Waals surface area contributed by atoms with Gasteiger partial charge in [0.2, 0.25) is 0 Å². The van der Waals surface area contributed by atoms with Crippen molar-refractivity contribution in [3.63, 3.8) is 0 Å². The maximum Gasteiger partial charge on any atom is 0.338 e. The van der Waals surface area contributed by atoms with Crippen molar-refractivity contribution in [2.75, 3.05) is 13.2 Å². The highest BCUT2D eigenvalue weighted by atomic mass is 32.1. The standard InChI is InChI=1S/C28H28N2O7S/c1-5-35-27(34)24-17(4)29-28-30(25(24)19-8-12-21(13-9-19)37-16(2)3)26(33)22(38-28)14-18-6-10-20(11-7-18)36-15-23(31)32/h6-14,16,25H,5,15H2,1-4H3,(H,31,32)/p-1/b22-14-/t25-/m1/s1. The molecule has 3 aromatic rings. The van der Waals surface area contributed by atoms with Crippen LogP contribution in [0.25, 0.3) is 6.08 Å². The highest BCUT2D eigenvalue weighted by molar-refractivity contribution is 7.07. The van der Waals surface area contributed by atoms with Crippen LogP contribution < -0.4 is 29.5 Å². The van der Waals surface area contributed by atoms with E-state index in [9.17, 15) is 19.5 Å². The second-order valence-electron chi connectivity index (χ2n) is 8.77. The lowest BCUT2D eigenvalue weighted by molar-refractivity contribution is -0.307. The first-order valence-corrected chi connectivity index (χ1v) is 12.9. The summed E-state index contributed by atoms with van der Waals surface area (Å²) in [7, 11) is 0. The number of rotatable bonds is 9. The molecule has 1 atom stereocenters. The molecule has 0 N–H and O–H groups in total. The monoisotopic (exact) mass is 535 g/mol. The molecule has 0 unspecified atom stereocenters. The molecule has 1 aromatic heterocycles. The van der Waals surface area contributed by atoms with E-state index in [4.69, 9.17) is 14.2 Å². The van der Waals surface area contributed by atoms with Crippen LogP contribution in [0, 0.1) is 0 Å². The lowest BCUT2D eigenvalue weighted by atomic mass is 9.96. The fourth-order valence-corrected chi connectivity index (χ4v) is 5.11. The molecule has 1 aliphatic rings. The number of allylic oxidation sites excluding steroid dienone is 1. The van der Waals surface area contributed by atoms with E-state index in [0.29, 0.717) is 37.7 Å². The van der Waals surface area contributed by atoms with Crippen molar-refractivity contribution in [3.05, 3.63) is 90.6 Å². The van der Waals surface area contributed by atoms with Crippen LogP contribution >= 0.6 is 11.3 Å². The van der Waals surface area contributed by atoms with Gasteiger partial charge in [0.25, 0.3) is 5.56 Å². The van der Waals surface area contributed by atoms with E-state index in [0.717, 1.165) is 5.56 Å². The minimum atomic E-state index is -1.32. The Bertz CT molecular complexity index is 1550. The first-order valence-electron chi connectivity index (χ1n) is 12.1. The predicted molar refractivity (Wildman–Crippen MR) is 140 cm³/mol. The largest absolute Gasteiger partial charge is 0.546 e. The van der Waals surface area contributed by atoms with Crippen molar-refractivity contribution in [2.24, 2.45) is 4.99 Å². The lowest BCUT2D eigenvalue weighted by Crippen LogP contribution is -2.39. The van der Waals surface area contributed by atoms with Crippen molar-refractivity contribution in [1.29, 1.82) is 0 Å². The van der Waals surface area contributed by atoms with Gasteiger partial charge < -0.3 is 24.1 Å². The van der Waals surface area contributed by atoms with Gasteiger partial charge in [-0.2, -0.15) is 0 Å². The van der Waals surface area contributed by atoms with Crippen molar-refractivity contribution in [2.45, 2.75) is 39.8 Å². The Morgan fingerprint density at radius 1 is 1.11 bits per heavy atom. The molecule has 0 amide bonds. The summed E-state index contributed by atoms with van der Waals surface area (Å²) in [5.41, 5.74) is 1.92. The SMILES string of the molecule is CCOC(=O)C1=C(C)N=c2s/c(=C\c3ccc(OCC(=O)[O-])cc3)c(=O)n2[C@@H]1c1ccc(OC(C)C)cc1. The maximum atomic E-state index is 13.7. The summed E-state index contributed by atoms with van der Waals surface area (Å²) in [6.45, 7) is 6.97. The number of carboxylic acid groups (broad SMARTS) is 1. The number of hydrogen-bond acceptors (Lipinski definition) is 9. The zero-order valence-electron chi connectivity index (χ0n) is 21.4. The van der Waals surface area contributed by atoms with Gasteiger partial charge >= 0.3 is 5.97 Å². The van der Waals surface area contributed by atoms with Crippen LogP contribution in [0.4, 0.5) is 0 Å². The van der Waals surface area contributed by atoms with E-state index >= 15 is 0 Å². The summed E-state index contributed by atoms with van der Waals surface area (Å²) in [6, 6.07) is 13.2. The number of fused-ring (bicyclic) bond motifs is 1. The number of ether oxygens (including phenoxy) is 3. The zero-order valence-corrected chi connectivity index (χ0v) is 22.2. The van der Waals surface area contributed by atoms with Gasteiger partial charge in [0.05, 0.1) is 40.5 Å². The van der Waals surface area contributed by atoms with E-state index in [-0.39, 0.29) is 18.3 Å². The number of carbonyl (C=O) groups excluding carboxylic acids is 2. The summed E-state index contributed by atoms with van der Waals surface area (Å²) in [5.74, 6) is -0.791. The Balaban J connectivity index is 1.79. The predicted octanol–water partition coefficient (Wildman–Crippen LogP) is 1.71. The smallest absolute Gasteiger partial charge is 0.338 e. The van der Waals surface area contributed by atoms with Crippen molar-refractivity contribution in [3.8, 4) is 11.5 Å². The number of carboxylic acids is 1. The fourth-order valence-electron chi connectivity index (χ4n) is 4.06. The van der Waals surface area contributed by atoms with Gasteiger partial charge in [0, 0.05) is 0 Å². The molecular formula is C28H27N2O7S-. The third-order valence-corrected chi connectivity index (χ3v) is 6.60. The molecule has 38 heavy (non-hydrogen) atoms. The molecule has 2 heterocycles. The molecule has 0 spiro atoms. The topological polar surface area (TPSA) is 119 Å². The Morgan fingerprint density at radius 2 is 1.76 bits per heavy atom. The highest BCUT2D eigenvalue weighted by Crippen LogP contribution is 2.31. The average molecular weight is 536 g/mol. The summed E-state index contributed by atoms with van der Waals surface area (Å²) in [4.78, 5) is 42.3. The maximum absolute atomic E-state index is 13.7. The normalized spacial score (nSPS) is 15.2. The minimum absolute atomic E-state index is 0.00515. The quantitative estimate of drug-likeness (QED) is 0.383. The van der Waals surface area contributed by atoms with E-state index in [1.807, 2.05) is 38.1 Å². The number of esters is 1. The van der Waals surface area contributed by atoms with Gasteiger partial charge in [-0.3, -0.25) is 9.36 Å². The molecule has 10 heteroatoms. The number of hydrogen-bond donors (Lipinski definition) is 0. The van der Waals surface area contributed by atoms with Crippen LogP contribution in [-0.2, 0) is 14.3 Å². The van der Waals surface area contributed by atoms with Crippen molar-refractivity contribution >= 4 is 29.4 Å². The second-order valence-corrected chi connectivity index (χ2v) is 9.78. The molecule has 0 aliphatic carbocycles. The average Bonchev–Trinajstić information content (AvgIpc) is 3.17. The van der Waals surface area contributed by atoms with Crippen LogP contribution in [-0.4, -0.2) is 35.8 Å². The van der Waals surface area contributed by atoms with Crippen molar-refractivity contribution < 1.29 is 28.9 Å². The van der Waals surface area contributed by atoms with E-state index < -0.39 is 24.6 Å². The lowest BCUT2D eigenvalue weighted by Gasteiger charge is -2.25. The van der Waals surface area contributed by atoms with E-state index in [2.05, 4.69) is 4.99 Å². The van der Waals surface area contributed by atoms with E-state index in [1.165, 1.54) is 15.9 Å². The molecule has 198 valence electrons. The van der Waals surface area contributed by atoms with E-state index in [1.54, 1.807) is 44.2 Å². The molecule has 0 saturated carbocycles. The first kappa shape index (κ1) is 26.9. The Kier molecular flexibility index (Phi) is 8.11. The highest BCUT2D eigenvalue weighted by Gasteiger charge is 2.33. The number of aliphatic carboxylic acids is 1. The van der Waals surface area contributed by atoms with Crippen LogP contribution in [0.5, 0.6) is 11.5 Å². The Labute approximate surface area is 222 Å². The second kappa shape index (κ2) is 11.5. The molecule has 1 aliphatic heterocycles. The summed E-state index contributed by atoms with van der Waals surface area (Å²) in [6.07, 6.45) is 1.72. The van der Waals surface area contributed by atoms with Gasteiger partial charge in [-0.1, -0.05) is 35.6 Å². The third kappa shape index (κ3) is 5.86. The number of nitrogens with zero attached hydrogens (tertiary/aromatic N) is 2. The molecule has 9 nitrogen and oxygen atoms in total. The van der Waals surface area contributed by atoms with Gasteiger partial charge in [-0.05, 0) is 69.2 Å². The minimum Gasteiger partial charge on any atom is -0.546 e. The van der Waals surface area contributed by atoms with Gasteiger partial charge in [-0.25, -0.2) is 9.79 Å². The third-order valence-electron chi connectivity index (χ3n) is 5.62. The molecule has 0 radical (unpaired) electrons. The number of carbonyl (C=O) groups is 2. The molecular weight excluding hydrogens is 508 g/mol. The van der Waals surface area contributed by atoms with Gasteiger partial charge in [0.1, 0.15) is 18.1 Å². The molecule has 4 rings (SSSR count). The Hall–Kier alpha value is -4.18. The number of benzene rings is 2. The van der Waals surface area contributed by atoms with Gasteiger partial charge in [0.15, 0.2) is 4.80 Å². The first-order chi connectivity index (χ1) is 18.2. The molecule has 2 aromatic carbocycles. The zero-order chi connectivity index (χ0) is 27.4. The summed E-state index contributed by atoms with van der Waals surface area (Å²) in [5, 5.41) is 10.6. The van der Waals surface area contributed by atoms with Crippen molar-refractivity contribution in [1.82, 2.24) is 4.57 Å². The number of thiazole rings is 1. The molecule has 0 saturated heterocycles. The van der Waals surface area contributed by atoms with Crippen LogP contribution in [0.15, 0.2) is 69.6 Å². The van der Waals surface area contributed by atoms with Crippen LogP contribution in [0.1, 0.15) is 44.9 Å². The van der Waals surface area contributed by atoms with Crippen LogP contribution in [0.2, 0.25) is 0 Å². The molecule has 0 fully saturated rings. The van der Waals surface area contributed by atoms with Crippen LogP contribution in [0.3, 0.4) is 0 Å². The molecule has 0 bridgehead atoms. The van der Waals surface area contributed by atoms with Gasteiger partial charge in [-0.15, -0.1) is 0 Å².